The Balaban J connectivity index is 1.88. The molecule has 0 aliphatic rings. The molecule has 2 rings (SSSR count). The van der Waals surface area contributed by atoms with E-state index in [-0.39, 0.29) is 0 Å². The molecular formula is C20H27N3O3S. The van der Waals surface area contributed by atoms with Crippen LogP contribution in [0.4, 0.5) is 0 Å². The van der Waals surface area contributed by atoms with Gasteiger partial charge in [0.15, 0.2) is 17.5 Å². The van der Waals surface area contributed by atoms with Crippen LogP contribution in [-0.2, 0) is 6.54 Å². The van der Waals surface area contributed by atoms with Crippen LogP contribution in [0.15, 0.2) is 52.4 Å². The minimum Gasteiger partial charge on any atom is -0.496 e. The molecule has 2 aromatic carbocycles. The first-order valence-corrected chi connectivity index (χ1v) is 9.61. The predicted octanol–water partition coefficient (Wildman–Crippen LogP) is 3.17. The van der Waals surface area contributed by atoms with Gasteiger partial charge >= 0.3 is 0 Å². The Kier molecular flexibility index (Phi) is 8.64. The lowest BCUT2D eigenvalue weighted by atomic mass is 10.1. The summed E-state index contributed by atoms with van der Waals surface area (Å²) in [6, 6.07) is 14.1. The van der Waals surface area contributed by atoms with Gasteiger partial charge in [-0.05, 0) is 18.2 Å². The second-order valence-electron chi connectivity index (χ2n) is 5.53. The number of rotatable bonds is 9. The van der Waals surface area contributed by atoms with Gasteiger partial charge in [0.05, 0.1) is 21.3 Å². The Labute approximate surface area is 165 Å². The molecule has 0 aliphatic heterocycles. The van der Waals surface area contributed by atoms with Crippen molar-refractivity contribution in [2.75, 3.05) is 40.7 Å². The fraction of sp³-hybridized carbons (Fsp3) is 0.350. The number of hydrogen-bond donors (Lipinski definition) is 2. The fourth-order valence-corrected chi connectivity index (χ4v) is 3.27. The highest BCUT2D eigenvalue weighted by Gasteiger charge is 2.12. The lowest BCUT2D eigenvalue weighted by molar-refractivity contribution is 0.347. The number of nitrogens with zero attached hydrogens (tertiary/aromatic N) is 1. The molecule has 0 atom stereocenters. The number of benzene rings is 2. The molecule has 0 saturated carbocycles. The van der Waals surface area contributed by atoms with Gasteiger partial charge in [-0.3, -0.25) is 4.99 Å². The Morgan fingerprint density at radius 1 is 0.926 bits per heavy atom. The summed E-state index contributed by atoms with van der Waals surface area (Å²) in [5, 5.41) is 6.62. The fourth-order valence-electron chi connectivity index (χ4n) is 2.49. The number of ether oxygens (including phenoxy) is 3. The van der Waals surface area contributed by atoms with Crippen LogP contribution in [0.3, 0.4) is 0 Å². The van der Waals surface area contributed by atoms with Crippen LogP contribution >= 0.6 is 11.8 Å². The molecule has 7 heteroatoms. The largest absolute Gasteiger partial charge is 0.496 e. The molecule has 6 nitrogen and oxygen atoms in total. The van der Waals surface area contributed by atoms with E-state index in [0.29, 0.717) is 18.0 Å². The molecule has 0 spiro atoms. The summed E-state index contributed by atoms with van der Waals surface area (Å²) in [4.78, 5) is 5.53. The molecule has 0 amide bonds. The van der Waals surface area contributed by atoms with Gasteiger partial charge in [0.2, 0.25) is 0 Å². The second kappa shape index (κ2) is 11.2. The standard InChI is InChI=1S/C20H27N3O3S/c1-21-20(22-10-11-27-16-8-6-5-7-9-16)23-14-15-12-18(25-3)19(26-4)13-17(15)24-2/h5-9,12-13H,10-11,14H2,1-4H3,(H2,21,22,23). The third kappa shape index (κ3) is 6.29. The van der Waals surface area contributed by atoms with Crippen molar-refractivity contribution in [2.24, 2.45) is 4.99 Å². The minimum atomic E-state index is 0.551. The van der Waals surface area contributed by atoms with Gasteiger partial charge in [0.1, 0.15) is 5.75 Å². The summed E-state index contributed by atoms with van der Waals surface area (Å²) < 4.78 is 16.2. The highest BCUT2D eigenvalue weighted by atomic mass is 32.2. The highest BCUT2D eigenvalue weighted by Crippen LogP contribution is 2.34. The SMILES string of the molecule is CN=C(NCCSc1ccccc1)NCc1cc(OC)c(OC)cc1OC. The maximum atomic E-state index is 5.46. The Hall–Kier alpha value is -2.54. The topological polar surface area (TPSA) is 64.1 Å². The lowest BCUT2D eigenvalue weighted by Crippen LogP contribution is -2.38. The molecule has 0 saturated heterocycles. The average molecular weight is 390 g/mol. The van der Waals surface area contributed by atoms with Crippen molar-refractivity contribution in [1.29, 1.82) is 0 Å². The molecule has 2 aromatic rings. The van der Waals surface area contributed by atoms with Crippen LogP contribution in [0.2, 0.25) is 0 Å². The van der Waals surface area contributed by atoms with Crippen molar-refractivity contribution in [1.82, 2.24) is 10.6 Å². The minimum absolute atomic E-state index is 0.551. The van der Waals surface area contributed by atoms with Crippen molar-refractivity contribution >= 4 is 17.7 Å². The predicted molar refractivity (Wildman–Crippen MR) is 111 cm³/mol. The Bertz CT molecular complexity index is 739. The second-order valence-corrected chi connectivity index (χ2v) is 6.70. The first kappa shape index (κ1) is 20.8. The molecule has 0 fully saturated rings. The third-order valence-corrected chi connectivity index (χ3v) is 4.88. The van der Waals surface area contributed by atoms with Crippen molar-refractivity contribution < 1.29 is 14.2 Å². The summed E-state index contributed by atoms with van der Waals surface area (Å²) >= 11 is 1.81. The zero-order chi connectivity index (χ0) is 19.5. The zero-order valence-corrected chi connectivity index (χ0v) is 17.1. The van der Waals surface area contributed by atoms with Crippen molar-refractivity contribution in [3.63, 3.8) is 0 Å². The average Bonchev–Trinajstić information content (AvgIpc) is 2.73. The number of hydrogen-bond acceptors (Lipinski definition) is 5. The number of thioether (sulfide) groups is 1. The quantitative estimate of drug-likeness (QED) is 0.297. The molecule has 0 bridgehead atoms. The van der Waals surface area contributed by atoms with Crippen LogP contribution in [0.1, 0.15) is 5.56 Å². The molecule has 27 heavy (non-hydrogen) atoms. The maximum absolute atomic E-state index is 5.46. The number of methoxy groups -OCH3 is 3. The Morgan fingerprint density at radius 2 is 1.59 bits per heavy atom. The van der Waals surface area contributed by atoms with Gasteiger partial charge in [-0.2, -0.15) is 0 Å². The summed E-state index contributed by atoms with van der Waals surface area (Å²) in [7, 11) is 6.62. The number of aliphatic imine (C=N–C) groups is 1. The smallest absolute Gasteiger partial charge is 0.191 e. The van der Waals surface area contributed by atoms with Gasteiger partial charge in [-0.25, -0.2) is 0 Å². The molecule has 0 radical (unpaired) electrons. The normalized spacial score (nSPS) is 11.0. The van der Waals surface area contributed by atoms with E-state index >= 15 is 0 Å². The summed E-state index contributed by atoms with van der Waals surface area (Å²) in [6.07, 6.45) is 0. The van der Waals surface area contributed by atoms with Crippen LogP contribution in [0, 0.1) is 0 Å². The third-order valence-electron chi connectivity index (χ3n) is 3.86. The zero-order valence-electron chi connectivity index (χ0n) is 16.2. The van der Waals surface area contributed by atoms with E-state index in [0.717, 1.165) is 29.6 Å². The van der Waals surface area contributed by atoms with Gasteiger partial charge in [0, 0.05) is 42.4 Å². The van der Waals surface area contributed by atoms with Gasteiger partial charge in [0.25, 0.3) is 0 Å². The lowest BCUT2D eigenvalue weighted by Gasteiger charge is -2.16. The van der Waals surface area contributed by atoms with E-state index in [1.807, 2.05) is 30.3 Å². The summed E-state index contributed by atoms with van der Waals surface area (Å²) in [6.45, 7) is 1.36. The van der Waals surface area contributed by atoms with E-state index in [2.05, 4.69) is 27.8 Å². The van der Waals surface area contributed by atoms with E-state index in [1.54, 1.807) is 40.1 Å². The van der Waals surface area contributed by atoms with Crippen molar-refractivity contribution in [2.45, 2.75) is 11.4 Å². The summed E-state index contributed by atoms with van der Waals surface area (Å²) in [5.74, 6) is 3.72. The number of nitrogens with one attached hydrogen (secondary N) is 2. The molecule has 0 heterocycles. The number of guanidine groups is 1. The van der Waals surface area contributed by atoms with E-state index in [9.17, 15) is 0 Å². The first-order valence-electron chi connectivity index (χ1n) is 8.63. The van der Waals surface area contributed by atoms with E-state index in [1.165, 1.54) is 4.90 Å². The van der Waals surface area contributed by atoms with Crippen LogP contribution in [0.5, 0.6) is 17.2 Å². The van der Waals surface area contributed by atoms with Crippen LogP contribution < -0.4 is 24.8 Å². The molecular weight excluding hydrogens is 362 g/mol. The van der Waals surface area contributed by atoms with Crippen molar-refractivity contribution in [3.05, 3.63) is 48.0 Å². The molecule has 0 unspecified atom stereocenters. The van der Waals surface area contributed by atoms with Gasteiger partial charge in [-0.1, -0.05) is 18.2 Å². The van der Waals surface area contributed by atoms with E-state index < -0.39 is 0 Å². The van der Waals surface area contributed by atoms with Crippen LogP contribution in [0.25, 0.3) is 0 Å². The highest BCUT2D eigenvalue weighted by molar-refractivity contribution is 7.99. The van der Waals surface area contributed by atoms with Gasteiger partial charge < -0.3 is 24.8 Å². The maximum Gasteiger partial charge on any atom is 0.191 e. The van der Waals surface area contributed by atoms with Gasteiger partial charge in [-0.15, -0.1) is 11.8 Å². The molecule has 0 aliphatic carbocycles. The van der Waals surface area contributed by atoms with Crippen LogP contribution in [-0.4, -0.2) is 46.6 Å². The van der Waals surface area contributed by atoms with Crippen molar-refractivity contribution in [3.8, 4) is 17.2 Å². The monoisotopic (exact) mass is 389 g/mol. The van der Waals surface area contributed by atoms with E-state index in [4.69, 9.17) is 14.2 Å². The first-order chi connectivity index (χ1) is 13.2. The Morgan fingerprint density at radius 3 is 2.22 bits per heavy atom. The molecule has 146 valence electrons. The molecule has 2 N–H and O–H groups in total. The summed E-state index contributed by atoms with van der Waals surface area (Å²) in [5.41, 5.74) is 0.955. The molecule has 0 aromatic heterocycles.